The van der Waals surface area contributed by atoms with E-state index in [1.165, 1.54) is 32.4 Å². The maximum Gasteiger partial charge on any atom is 0.149 e. The van der Waals surface area contributed by atoms with Crippen LogP contribution >= 0.6 is 0 Å². The zero-order valence-corrected chi connectivity index (χ0v) is 10.0. The number of rotatable bonds is 3. The van der Waals surface area contributed by atoms with Gasteiger partial charge in [0.1, 0.15) is 5.78 Å². The third kappa shape index (κ3) is 2.30. The Morgan fingerprint density at radius 2 is 1.88 bits per heavy atom. The maximum atomic E-state index is 11.8. The molecule has 1 atom stereocenters. The molecule has 1 saturated carbocycles. The van der Waals surface area contributed by atoms with Crippen molar-refractivity contribution in [3.05, 3.63) is 0 Å². The second-order valence-corrected chi connectivity index (χ2v) is 5.66. The van der Waals surface area contributed by atoms with Gasteiger partial charge in [0.2, 0.25) is 0 Å². The van der Waals surface area contributed by atoms with E-state index in [0.29, 0.717) is 11.7 Å². The van der Waals surface area contributed by atoms with Crippen LogP contribution in [-0.2, 0) is 4.79 Å². The number of hydrogen-bond acceptors (Lipinski definition) is 3. The van der Waals surface area contributed by atoms with Crippen molar-refractivity contribution in [3.63, 3.8) is 0 Å². The first-order valence-electron chi connectivity index (χ1n) is 6.82. The molecule has 0 aromatic carbocycles. The lowest BCUT2D eigenvalue weighted by Gasteiger charge is -2.25. The summed E-state index contributed by atoms with van der Waals surface area (Å²) in [4.78, 5) is 16.9. The highest BCUT2D eigenvalue weighted by Gasteiger charge is 2.33. The molecule has 1 aliphatic carbocycles. The summed E-state index contributed by atoms with van der Waals surface area (Å²) in [5, 5.41) is 0. The van der Waals surface area contributed by atoms with Crippen molar-refractivity contribution in [3.8, 4) is 0 Å². The number of ketones is 1. The Kier molecular flexibility index (Phi) is 2.99. The fourth-order valence-corrected chi connectivity index (χ4v) is 3.18. The number of carbonyl (C=O) groups is 1. The van der Waals surface area contributed by atoms with Gasteiger partial charge in [-0.1, -0.05) is 0 Å². The molecule has 0 spiro atoms. The Morgan fingerprint density at radius 3 is 2.69 bits per heavy atom. The number of fused-ring (bicyclic) bond motifs is 1. The number of nitrogens with zero attached hydrogens (tertiary/aromatic N) is 2. The maximum absolute atomic E-state index is 11.8. The average Bonchev–Trinajstić information content (AvgIpc) is 3.05. The summed E-state index contributed by atoms with van der Waals surface area (Å²) in [6.45, 7) is 5.53. The van der Waals surface area contributed by atoms with Crippen molar-refractivity contribution in [2.75, 3.05) is 32.7 Å². The van der Waals surface area contributed by atoms with Gasteiger partial charge in [0.25, 0.3) is 0 Å². The van der Waals surface area contributed by atoms with E-state index in [0.717, 1.165) is 38.5 Å². The first-order valence-corrected chi connectivity index (χ1v) is 6.82. The number of Topliss-reactive ketones (excluding diaryl/α,β-unsaturated/α-hetero) is 1. The van der Waals surface area contributed by atoms with Gasteiger partial charge in [-0.25, -0.2) is 0 Å². The molecule has 3 fully saturated rings. The van der Waals surface area contributed by atoms with Crippen LogP contribution in [0.15, 0.2) is 0 Å². The van der Waals surface area contributed by atoms with E-state index in [4.69, 9.17) is 0 Å². The minimum Gasteiger partial charge on any atom is -0.299 e. The summed E-state index contributed by atoms with van der Waals surface area (Å²) in [6, 6.07) is 0.745. The Hall–Kier alpha value is -0.410. The first-order chi connectivity index (χ1) is 7.83. The lowest BCUT2D eigenvalue weighted by molar-refractivity contribution is -0.121. The molecule has 2 heterocycles. The molecular formula is C13H22N2O. The summed E-state index contributed by atoms with van der Waals surface area (Å²) < 4.78 is 0. The fraction of sp³-hybridized carbons (Fsp3) is 0.923. The zero-order chi connectivity index (χ0) is 11.0. The minimum absolute atomic E-state index is 0.433. The van der Waals surface area contributed by atoms with Crippen LogP contribution in [0.4, 0.5) is 0 Å². The Morgan fingerprint density at radius 1 is 1.06 bits per heavy atom. The lowest BCUT2D eigenvalue weighted by Crippen LogP contribution is -2.39. The quantitative estimate of drug-likeness (QED) is 0.715. The van der Waals surface area contributed by atoms with Crippen molar-refractivity contribution >= 4 is 5.78 Å². The Balaban J connectivity index is 1.55. The molecule has 0 amide bonds. The van der Waals surface area contributed by atoms with E-state index in [-0.39, 0.29) is 0 Å². The molecule has 3 heteroatoms. The Labute approximate surface area is 97.8 Å². The van der Waals surface area contributed by atoms with Gasteiger partial charge in [-0.2, -0.15) is 0 Å². The molecule has 0 aromatic rings. The van der Waals surface area contributed by atoms with Gasteiger partial charge in [-0.05, 0) is 51.7 Å². The topological polar surface area (TPSA) is 23.6 Å². The van der Waals surface area contributed by atoms with Gasteiger partial charge in [-0.15, -0.1) is 0 Å². The predicted octanol–water partition coefficient (Wildman–Crippen LogP) is 1.14. The number of hydrogen-bond donors (Lipinski definition) is 0. The minimum atomic E-state index is 0.433. The van der Waals surface area contributed by atoms with Crippen LogP contribution in [-0.4, -0.2) is 54.3 Å². The van der Waals surface area contributed by atoms with E-state index in [9.17, 15) is 4.79 Å². The summed E-state index contributed by atoms with van der Waals surface area (Å²) in [7, 11) is 0. The first kappa shape index (κ1) is 10.7. The molecule has 90 valence electrons. The zero-order valence-electron chi connectivity index (χ0n) is 10.0. The van der Waals surface area contributed by atoms with E-state index in [1.54, 1.807) is 0 Å². The SMILES string of the molecule is O=C(CN1CCCN2CCCC2C1)C1CC1. The van der Waals surface area contributed by atoms with Crippen LogP contribution in [0, 0.1) is 5.92 Å². The summed E-state index contributed by atoms with van der Waals surface area (Å²) in [5.74, 6) is 0.939. The molecule has 1 unspecified atom stereocenters. The molecule has 0 bridgehead atoms. The number of carbonyl (C=O) groups excluding carboxylic acids is 1. The van der Waals surface area contributed by atoms with Gasteiger partial charge in [0.15, 0.2) is 0 Å². The average molecular weight is 222 g/mol. The van der Waals surface area contributed by atoms with Gasteiger partial charge < -0.3 is 0 Å². The van der Waals surface area contributed by atoms with Gasteiger partial charge in [-0.3, -0.25) is 14.6 Å². The largest absolute Gasteiger partial charge is 0.299 e. The molecule has 3 rings (SSSR count). The molecule has 3 aliphatic rings. The highest BCUT2D eigenvalue weighted by atomic mass is 16.1. The van der Waals surface area contributed by atoms with Crippen molar-refractivity contribution in [1.29, 1.82) is 0 Å². The highest BCUT2D eigenvalue weighted by molar-refractivity contribution is 5.84. The standard InChI is InChI=1S/C13H22N2O/c16-13(11-4-5-11)10-14-6-2-8-15-7-1-3-12(15)9-14/h11-12H,1-10H2. The molecule has 3 nitrogen and oxygen atoms in total. The summed E-state index contributed by atoms with van der Waals surface area (Å²) in [6.07, 6.45) is 6.25. The second kappa shape index (κ2) is 4.46. The molecular weight excluding hydrogens is 200 g/mol. The van der Waals surface area contributed by atoms with Crippen molar-refractivity contribution in [2.45, 2.75) is 38.1 Å². The monoisotopic (exact) mass is 222 g/mol. The second-order valence-electron chi connectivity index (χ2n) is 5.66. The Bertz CT molecular complexity index is 275. The third-order valence-electron chi connectivity index (χ3n) is 4.30. The molecule has 0 N–H and O–H groups in total. The predicted molar refractivity (Wildman–Crippen MR) is 63.4 cm³/mol. The molecule has 2 saturated heterocycles. The van der Waals surface area contributed by atoms with Crippen LogP contribution in [0.1, 0.15) is 32.1 Å². The van der Waals surface area contributed by atoms with Gasteiger partial charge >= 0.3 is 0 Å². The van der Waals surface area contributed by atoms with E-state index in [1.807, 2.05) is 0 Å². The molecule has 0 aromatic heterocycles. The van der Waals surface area contributed by atoms with E-state index in [2.05, 4.69) is 9.80 Å². The van der Waals surface area contributed by atoms with Crippen molar-refractivity contribution in [1.82, 2.24) is 9.80 Å². The normalized spacial score (nSPS) is 32.4. The van der Waals surface area contributed by atoms with Crippen molar-refractivity contribution in [2.24, 2.45) is 5.92 Å². The van der Waals surface area contributed by atoms with Crippen molar-refractivity contribution < 1.29 is 4.79 Å². The van der Waals surface area contributed by atoms with Crippen LogP contribution in [0.25, 0.3) is 0 Å². The fourth-order valence-electron chi connectivity index (χ4n) is 3.18. The van der Waals surface area contributed by atoms with Crippen LogP contribution in [0.3, 0.4) is 0 Å². The van der Waals surface area contributed by atoms with Crippen LogP contribution in [0.5, 0.6) is 0 Å². The molecule has 2 aliphatic heterocycles. The highest BCUT2D eigenvalue weighted by Crippen LogP contribution is 2.30. The van der Waals surface area contributed by atoms with Gasteiger partial charge in [0.05, 0.1) is 6.54 Å². The molecule has 16 heavy (non-hydrogen) atoms. The van der Waals surface area contributed by atoms with Crippen LogP contribution < -0.4 is 0 Å². The summed E-state index contributed by atoms with van der Waals surface area (Å²) >= 11 is 0. The molecule has 0 radical (unpaired) electrons. The lowest BCUT2D eigenvalue weighted by atomic mass is 10.2. The van der Waals surface area contributed by atoms with E-state index >= 15 is 0 Å². The third-order valence-corrected chi connectivity index (χ3v) is 4.30. The van der Waals surface area contributed by atoms with E-state index < -0.39 is 0 Å². The van der Waals surface area contributed by atoms with Crippen LogP contribution in [0.2, 0.25) is 0 Å². The smallest absolute Gasteiger partial charge is 0.149 e. The van der Waals surface area contributed by atoms with Gasteiger partial charge in [0, 0.05) is 18.5 Å². The summed E-state index contributed by atoms with van der Waals surface area (Å²) in [5.41, 5.74) is 0.